The number of fused-ring (bicyclic) bond motifs is 1. The maximum atomic E-state index is 12.7. The van der Waals surface area contributed by atoms with Crippen molar-refractivity contribution >= 4 is 41.3 Å². The molecule has 31 heavy (non-hydrogen) atoms. The first-order chi connectivity index (χ1) is 14.4. The van der Waals surface area contributed by atoms with Crippen molar-refractivity contribution in [1.82, 2.24) is 15.6 Å². The molecule has 1 saturated carbocycles. The van der Waals surface area contributed by atoms with Gasteiger partial charge in [0.15, 0.2) is 11.7 Å². The van der Waals surface area contributed by atoms with Crippen molar-refractivity contribution in [1.29, 1.82) is 0 Å². The zero-order chi connectivity index (χ0) is 21.2. The monoisotopic (exact) mass is 566 g/mol. The first-order valence-corrected chi connectivity index (χ1v) is 11.0. The highest BCUT2D eigenvalue weighted by atomic mass is 127. The first-order valence-electron chi connectivity index (χ1n) is 10.2. The van der Waals surface area contributed by atoms with Crippen LogP contribution < -0.4 is 15.4 Å². The molecule has 0 amide bonds. The Bertz CT molecular complexity index is 912. The fraction of sp³-hybridized carbons (Fsp3) is 0.524. The average Bonchev–Trinajstić information content (AvgIpc) is 3.37. The van der Waals surface area contributed by atoms with Crippen molar-refractivity contribution in [2.45, 2.75) is 56.3 Å². The van der Waals surface area contributed by atoms with Crippen LogP contribution in [-0.2, 0) is 12.6 Å². The van der Waals surface area contributed by atoms with Crippen molar-refractivity contribution in [3.63, 3.8) is 0 Å². The highest BCUT2D eigenvalue weighted by molar-refractivity contribution is 14.0. The second kappa shape index (κ2) is 9.93. The smallest absolute Gasteiger partial charge is 0.434 e. The molecular formula is C21H26F3IN4OS. The molecule has 2 aromatic rings. The van der Waals surface area contributed by atoms with Gasteiger partial charge in [-0.3, -0.25) is 4.99 Å². The SMILES string of the molecule is CN=C(NCCc1nc(C(F)(F)F)cs1)NC1CC2(CCCC2)Oc2ccccc21.I. The zero-order valence-electron chi connectivity index (χ0n) is 17.2. The molecule has 1 unspecified atom stereocenters. The van der Waals surface area contributed by atoms with Crippen LogP contribution in [0.25, 0.3) is 0 Å². The minimum atomic E-state index is -4.40. The lowest BCUT2D eigenvalue weighted by molar-refractivity contribution is -0.140. The van der Waals surface area contributed by atoms with E-state index in [0.29, 0.717) is 23.9 Å². The molecule has 2 N–H and O–H groups in total. The molecule has 0 bridgehead atoms. The summed E-state index contributed by atoms with van der Waals surface area (Å²) in [6, 6.07) is 8.13. The molecule has 1 aromatic carbocycles. The Morgan fingerprint density at radius 1 is 1.29 bits per heavy atom. The van der Waals surface area contributed by atoms with Crippen molar-refractivity contribution in [3.8, 4) is 5.75 Å². The first kappa shape index (κ1) is 24.1. The maximum Gasteiger partial charge on any atom is 0.434 e. The van der Waals surface area contributed by atoms with Gasteiger partial charge in [-0.2, -0.15) is 13.2 Å². The minimum Gasteiger partial charge on any atom is -0.487 e. The van der Waals surface area contributed by atoms with Gasteiger partial charge in [0.1, 0.15) is 11.4 Å². The summed E-state index contributed by atoms with van der Waals surface area (Å²) in [5, 5.41) is 8.21. The summed E-state index contributed by atoms with van der Waals surface area (Å²) < 4.78 is 44.5. The van der Waals surface area contributed by atoms with Crippen molar-refractivity contribution < 1.29 is 17.9 Å². The van der Waals surface area contributed by atoms with Crippen LogP contribution in [0.15, 0.2) is 34.6 Å². The van der Waals surface area contributed by atoms with E-state index in [2.05, 4.69) is 26.7 Å². The van der Waals surface area contributed by atoms with Gasteiger partial charge in [-0.05, 0) is 31.7 Å². The molecule has 2 heterocycles. The number of ether oxygens (including phenoxy) is 1. The summed E-state index contributed by atoms with van der Waals surface area (Å²) in [5.74, 6) is 1.54. The summed E-state index contributed by atoms with van der Waals surface area (Å²) in [7, 11) is 1.69. The number of rotatable bonds is 4. The fourth-order valence-electron chi connectivity index (χ4n) is 4.28. The van der Waals surface area contributed by atoms with Crippen LogP contribution in [0.4, 0.5) is 13.2 Å². The van der Waals surface area contributed by atoms with Gasteiger partial charge < -0.3 is 15.4 Å². The standard InChI is InChI=1S/C21H25F3N4OS.HI/c1-25-19(26-11-8-18-28-17(13-30-18)21(22,23)24)27-15-12-20(9-4-5-10-20)29-16-7-3-2-6-14(15)16;/h2-3,6-7,13,15H,4-5,8-12H2,1H3,(H2,25,26,27);1H. The molecule has 10 heteroatoms. The lowest BCUT2D eigenvalue weighted by Gasteiger charge is -2.40. The molecular weight excluding hydrogens is 540 g/mol. The molecule has 1 aliphatic carbocycles. The molecule has 170 valence electrons. The number of aliphatic imine (C=N–C) groups is 1. The normalized spacial score (nSPS) is 20.0. The predicted octanol–water partition coefficient (Wildman–Crippen LogP) is 5.32. The summed E-state index contributed by atoms with van der Waals surface area (Å²) in [4.78, 5) is 7.98. The van der Waals surface area contributed by atoms with Gasteiger partial charge in [0, 0.05) is 37.4 Å². The van der Waals surface area contributed by atoms with Crippen LogP contribution in [0.3, 0.4) is 0 Å². The molecule has 2 aliphatic rings. The second-order valence-corrected chi connectivity index (χ2v) is 8.75. The van der Waals surface area contributed by atoms with E-state index in [1.165, 1.54) is 12.8 Å². The van der Waals surface area contributed by atoms with Gasteiger partial charge in [0.25, 0.3) is 0 Å². The largest absolute Gasteiger partial charge is 0.487 e. The number of benzene rings is 1. The number of guanidine groups is 1. The Morgan fingerprint density at radius 3 is 2.71 bits per heavy atom. The lowest BCUT2D eigenvalue weighted by atomic mass is 9.86. The van der Waals surface area contributed by atoms with Gasteiger partial charge >= 0.3 is 6.18 Å². The number of para-hydroxylation sites is 1. The van der Waals surface area contributed by atoms with Crippen LogP contribution in [0.2, 0.25) is 0 Å². The maximum absolute atomic E-state index is 12.7. The van der Waals surface area contributed by atoms with Crippen LogP contribution in [-0.4, -0.2) is 30.1 Å². The molecule has 1 aliphatic heterocycles. The molecule has 1 fully saturated rings. The van der Waals surface area contributed by atoms with E-state index in [4.69, 9.17) is 4.74 Å². The number of nitrogens with one attached hydrogen (secondary N) is 2. The molecule has 4 rings (SSSR count). The van der Waals surface area contributed by atoms with Crippen LogP contribution in [0, 0.1) is 0 Å². The Balaban J connectivity index is 0.00000272. The van der Waals surface area contributed by atoms with Gasteiger partial charge in [0.2, 0.25) is 0 Å². The minimum absolute atomic E-state index is 0. The molecule has 1 aromatic heterocycles. The fourth-order valence-corrected chi connectivity index (χ4v) is 5.08. The topological polar surface area (TPSA) is 58.5 Å². The number of aromatic nitrogens is 1. The van der Waals surface area contributed by atoms with Gasteiger partial charge in [-0.1, -0.05) is 18.2 Å². The number of halogens is 4. The third-order valence-electron chi connectivity index (χ3n) is 5.72. The molecule has 1 atom stereocenters. The summed E-state index contributed by atoms with van der Waals surface area (Å²) in [5.41, 5.74) is 0.151. The predicted molar refractivity (Wildman–Crippen MR) is 126 cm³/mol. The summed E-state index contributed by atoms with van der Waals surface area (Å²) in [6.45, 7) is 0.445. The van der Waals surface area contributed by atoms with Gasteiger partial charge in [-0.25, -0.2) is 4.98 Å². The van der Waals surface area contributed by atoms with Crippen LogP contribution in [0.1, 0.15) is 54.4 Å². The molecule has 0 radical (unpaired) electrons. The number of hydrogen-bond donors (Lipinski definition) is 2. The highest BCUT2D eigenvalue weighted by Gasteiger charge is 2.43. The number of thiazole rings is 1. The number of hydrogen-bond acceptors (Lipinski definition) is 4. The zero-order valence-corrected chi connectivity index (χ0v) is 20.3. The third kappa shape index (κ3) is 5.63. The Morgan fingerprint density at radius 2 is 2.03 bits per heavy atom. The van der Waals surface area contributed by atoms with Crippen molar-refractivity contribution in [3.05, 3.63) is 45.9 Å². The van der Waals surface area contributed by atoms with Crippen molar-refractivity contribution in [2.75, 3.05) is 13.6 Å². The van der Waals surface area contributed by atoms with E-state index in [1.807, 2.05) is 18.2 Å². The van der Waals surface area contributed by atoms with E-state index in [9.17, 15) is 13.2 Å². The molecule has 5 nitrogen and oxygen atoms in total. The number of alkyl halides is 3. The van der Waals surface area contributed by atoms with Gasteiger partial charge in [-0.15, -0.1) is 35.3 Å². The Kier molecular flexibility index (Phi) is 7.72. The van der Waals surface area contributed by atoms with Crippen LogP contribution >= 0.6 is 35.3 Å². The second-order valence-electron chi connectivity index (χ2n) is 7.80. The average molecular weight is 566 g/mol. The van der Waals surface area contributed by atoms with E-state index in [1.54, 1.807) is 7.05 Å². The molecule has 1 spiro atoms. The molecule has 0 saturated heterocycles. The summed E-state index contributed by atoms with van der Waals surface area (Å²) >= 11 is 1.03. The quantitative estimate of drug-likeness (QED) is 0.299. The van der Waals surface area contributed by atoms with Crippen molar-refractivity contribution in [2.24, 2.45) is 4.99 Å². The van der Waals surface area contributed by atoms with Crippen LogP contribution in [0.5, 0.6) is 5.75 Å². The highest BCUT2D eigenvalue weighted by Crippen LogP contribution is 2.46. The third-order valence-corrected chi connectivity index (χ3v) is 6.63. The van der Waals surface area contributed by atoms with E-state index in [0.717, 1.165) is 47.3 Å². The lowest BCUT2D eigenvalue weighted by Crippen LogP contribution is -2.47. The van der Waals surface area contributed by atoms with E-state index < -0.39 is 11.9 Å². The van der Waals surface area contributed by atoms with Gasteiger partial charge in [0.05, 0.1) is 11.0 Å². The van der Waals surface area contributed by atoms with E-state index in [-0.39, 0.29) is 35.6 Å². The summed E-state index contributed by atoms with van der Waals surface area (Å²) in [6.07, 6.45) is 1.33. The Hall–Kier alpha value is -1.56. The Labute approximate surface area is 200 Å². The van der Waals surface area contributed by atoms with E-state index >= 15 is 0 Å². The number of nitrogens with zero attached hydrogens (tertiary/aromatic N) is 2.